The third kappa shape index (κ3) is 3.77. The summed E-state index contributed by atoms with van der Waals surface area (Å²) in [5.74, 6) is 0.466. The normalized spacial score (nSPS) is 12.3. The summed E-state index contributed by atoms with van der Waals surface area (Å²) < 4.78 is 12.0. The SMILES string of the molecule is O=C(Nc1cc2c(cc1C(=O)c1ccccc1)OCCO2)c1cccc(Br)c1. The van der Waals surface area contributed by atoms with Crippen LogP contribution in [-0.2, 0) is 0 Å². The number of hydrogen-bond acceptors (Lipinski definition) is 4. The summed E-state index contributed by atoms with van der Waals surface area (Å²) in [6.07, 6.45) is 0. The maximum Gasteiger partial charge on any atom is 0.255 e. The largest absolute Gasteiger partial charge is 0.486 e. The van der Waals surface area contributed by atoms with Gasteiger partial charge in [-0.05, 0) is 24.3 Å². The quantitative estimate of drug-likeness (QED) is 0.600. The molecule has 5 nitrogen and oxygen atoms in total. The van der Waals surface area contributed by atoms with Crippen molar-refractivity contribution >= 4 is 33.3 Å². The van der Waals surface area contributed by atoms with Crippen LogP contribution in [0.15, 0.2) is 71.2 Å². The molecule has 3 aromatic rings. The Hall–Kier alpha value is -3.12. The van der Waals surface area contributed by atoms with E-state index in [2.05, 4.69) is 21.2 Å². The summed E-state index contributed by atoms with van der Waals surface area (Å²) in [7, 11) is 0. The minimum atomic E-state index is -0.319. The topological polar surface area (TPSA) is 64.6 Å². The van der Waals surface area contributed by atoms with E-state index in [1.807, 2.05) is 12.1 Å². The highest BCUT2D eigenvalue weighted by Gasteiger charge is 2.22. The number of halogens is 1. The molecule has 3 aromatic carbocycles. The van der Waals surface area contributed by atoms with Crippen LogP contribution in [0, 0.1) is 0 Å². The molecule has 0 saturated carbocycles. The first-order valence-corrected chi connectivity index (χ1v) is 9.51. The molecule has 0 radical (unpaired) electrons. The summed E-state index contributed by atoms with van der Waals surface area (Å²) in [5.41, 5.74) is 1.72. The summed E-state index contributed by atoms with van der Waals surface area (Å²) in [4.78, 5) is 25.8. The Kier molecular flexibility index (Phi) is 5.12. The number of amides is 1. The lowest BCUT2D eigenvalue weighted by Gasteiger charge is -2.21. The third-order valence-electron chi connectivity index (χ3n) is 4.30. The van der Waals surface area contributed by atoms with Gasteiger partial charge in [-0.25, -0.2) is 0 Å². The van der Waals surface area contributed by atoms with Crippen LogP contribution in [-0.4, -0.2) is 24.9 Å². The molecule has 0 aliphatic carbocycles. The lowest BCUT2D eigenvalue weighted by Crippen LogP contribution is -2.19. The fraction of sp³-hybridized carbons (Fsp3) is 0.0909. The van der Waals surface area contributed by atoms with E-state index in [9.17, 15) is 9.59 Å². The van der Waals surface area contributed by atoms with Crippen LogP contribution in [0.5, 0.6) is 11.5 Å². The monoisotopic (exact) mass is 437 g/mol. The molecule has 0 unspecified atom stereocenters. The first kappa shape index (κ1) is 18.3. The smallest absolute Gasteiger partial charge is 0.255 e. The van der Waals surface area contributed by atoms with Crippen molar-refractivity contribution in [2.24, 2.45) is 0 Å². The van der Waals surface area contributed by atoms with Gasteiger partial charge in [0.05, 0.1) is 11.3 Å². The Morgan fingerprint density at radius 1 is 0.821 bits per heavy atom. The van der Waals surface area contributed by atoms with Gasteiger partial charge in [-0.15, -0.1) is 0 Å². The summed E-state index contributed by atoms with van der Waals surface area (Å²) in [5, 5.41) is 2.84. The second-order valence-corrected chi connectivity index (χ2v) is 7.12. The van der Waals surface area contributed by atoms with Crippen molar-refractivity contribution in [2.75, 3.05) is 18.5 Å². The molecule has 1 aliphatic rings. The molecule has 140 valence electrons. The Morgan fingerprint density at radius 2 is 1.50 bits per heavy atom. The molecule has 1 aliphatic heterocycles. The number of fused-ring (bicyclic) bond motifs is 1. The minimum Gasteiger partial charge on any atom is -0.486 e. The van der Waals surface area contributed by atoms with Crippen LogP contribution in [0.1, 0.15) is 26.3 Å². The van der Waals surface area contributed by atoms with Crippen molar-refractivity contribution in [3.63, 3.8) is 0 Å². The maximum atomic E-state index is 13.1. The van der Waals surface area contributed by atoms with E-state index in [0.717, 1.165) is 4.47 Å². The molecular formula is C22H16BrNO4. The summed E-state index contributed by atoms with van der Waals surface area (Å²) >= 11 is 3.36. The molecular weight excluding hydrogens is 422 g/mol. The average Bonchev–Trinajstić information content (AvgIpc) is 2.73. The molecule has 0 bridgehead atoms. The number of ether oxygens (including phenoxy) is 2. The van der Waals surface area contributed by atoms with E-state index in [1.54, 1.807) is 54.6 Å². The molecule has 0 saturated heterocycles. The van der Waals surface area contributed by atoms with E-state index in [4.69, 9.17) is 9.47 Å². The molecule has 1 heterocycles. The van der Waals surface area contributed by atoms with Crippen LogP contribution in [0.2, 0.25) is 0 Å². The maximum absolute atomic E-state index is 13.1. The molecule has 0 fully saturated rings. The van der Waals surface area contributed by atoms with Gasteiger partial charge >= 0.3 is 0 Å². The molecule has 0 atom stereocenters. The molecule has 4 rings (SSSR count). The molecule has 0 aromatic heterocycles. The van der Waals surface area contributed by atoms with Crippen molar-refractivity contribution in [1.82, 2.24) is 0 Å². The first-order chi connectivity index (χ1) is 13.6. The predicted molar refractivity (Wildman–Crippen MR) is 109 cm³/mol. The second-order valence-electron chi connectivity index (χ2n) is 6.20. The van der Waals surface area contributed by atoms with Gasteiger partial charge in [-0.1, -0.05) is 52.3 Å². The number of rotatable bonds is 4. The van der Waals surface area contributed by atoms with Gasteiger partial charge in [0.1, 0.15) is 13.2 Å². The van der Waals surface area contributed by atoms with Crippen molar-refractivity contribution < 1.29 is 19.1 Å². The van der Waals surface area contributed by atoms with Gasteiger partial charge in [0.25, 0.3) is 5.91 Å². The zero-order chi connectivity index (χ0) is 19.5. The fourth-order valence-electron chi connectivity index (χ4n) is 2.95. The summed E-state index contributed by atoms with van der Waals surface area (Å²) in [6.45, 7) is 0.827. The van der Waals surface area contributed by atoms with Crippen LogP contribution < -0.4 is 14.8 Å². The number of nitrogens with one attached hydrogen (secondary N) is 1. The molecule has 0 spiro atoms. The van der Waals surface area contributed by atoms with E-state index in [0.29, 0.717) is 47.1 Å². The zero-order valence-corrected chi connectivity index (χ0v) is 16.4. The van der Waals surface area contributed by atoms with Gasteiger partial charge in [0.2, 0.25) is 0 Å². The number of hydrogen-bond donors (Lipinski definition) is 1. The summed E-state index contributed by atoms with van der Waals surface area (Å²) in [6, 6.07) is 19.2. The van der Waals surface area contributed by atoms with Gasteiger partial charge in [-0.2, -0.15) is 0 Å². The highest BCUT2D eigenvalue weighted by molar-refractivity contribution is 9.10. The number of benzene rings is 3. The minimum absolute atomic E-state index is 0.206. The third-order valence-corrected chi connectivity index (χ3v) is 4.79. The van der Waals surface area contributed by atoms with Crippen molar-refractivity contribution in [1.29, 1.82) is 0 Å². The number of anilines is 1. The Morgan fingerprint density at radius 3 is 2.21 bits per heavy atom. The van der Waals surface area contributed by atoms with E-state index < -0.39 is 0 Å². The number of carbonyl (C=O) groups is 2. The lowest BCUT2D eigenvalue weighted by molar-refractivity contribution is 0.102. The van der Waals surface area contributed by atoms with Crippen LogP contribution in [0.4, 0.5) is 5.69 Å². The molecule has 6 heteroatoms. The highest BCUT2D eigenvalue weighted by Crippen LogP contribution is 2.36. The zero-order valence-electron chi connectivity index (χ0n) is 14.8. The van der Waals surface area contributed by atoms with E-state index in [-0.39, 0.29) is 11.7 Å². The van der Waals surface area contributed by atoms with Crippen molar-refractivity contribution in [3.8, 4) is 11.5 Å². The highest BCUT2D eigenvalue weighted by atomic mass is 79.9. The van der Waals surface area contributed by atoms with E-state index >= 15 is 0 Å². The molecule has 28 heavy (non-hydrogen) atoms. The van der Waals surface area contributed by atoms with Gasteiger partial charge in [0.15, 0.2) is 17.3 Å². The standard InChI is InChI=1S/C22H16BrNO4/c23-16-8-4-7-15(11-16)22(26)24-18-13-20-19(27-9-10-28-20)12-17(18)21(25)14-5-2-1-3-6-14/h1-8,11-13H,9-10H2,(H,24,26). The number of ketones is 1. The average molecular weight is 438 g/mol. The molecule has 1 N–H and O–H groups in total. The van der Waals surface area contributed by atoms with Crippen LogP contribution in [0.25, 0.3) is 0 Å². The Balaban J connectivity index is 1.74. The molecule has 1 amide bonds. The van der Waals surface area contributed by atoms with Gasteiger partial charge in [0, 0.05) is 21.7 Å². The van der Waals surface area contributed by atoms with Crippen LogP contribution >= 0.6 is 15.9 Å². The van der Waals surface area contributed by atoms with Crippen LogP contribution in [0.3, 0.4) is 0 Å². The fourth-order valence-corrected chi connectivity index (χ4v) is 3.35. The van der Waals surface area contributed by atoms with Gasteiger partial charge in [-0.3, -0.25) is 9.59 Å². The van der Waals surface area contributed by atoms with Crippen molar-refractivity contribution in [3.05, 3.63) is 87.9 Å². The second kappa shape index (κ2) is 7.86. The lowest BCUT2D eigenvalue weighted by atomic mass is 10.0. The number of carbonyl (C=O) groups excluding carboxylic acids is 2. The van der Waals surface area contributed by atoms with Crippen molar-refractivity contribution in [2.45, 2.75) is 0 Å². The Bertz CT molecular complexity index is 1050. The Labute approximate surface area is 170 Å². The predicted octanol–water partition coefficient (Wildman–Crippen LogP) is 4.70. The van der Waals surface area contributed by atoms with E-state index in [1.165, 1.54) is 0 Å². The van der Waals surface area contributed by atoms with Gasteiger partial charge < -0.3 is 14.8 Å². The first-order valence-electron chi connectivity index (χ1n) is 8.72.